The molecule has 1 saturated heterocycles. The number of aliphatic hydroxyl groups is 1. The predicted molar refractivity (Wildman–Crippen MR) is 290 cm³/mol. The molecule has 1 fully saturated rings. The predicted octanol–water partition coefficient (Wildman–Crippen LogP) is 8.93. The van der Waals surface area contributed by atoms with Crippen LogP contribution in [0.1, 0.15) is 92.7 Å². The minimum Gasteiger partial charge on any atom is -0.508 e. The molecule has 1 aliphatic heterocycles. The number of hydrogen-bond donors (Lipinski definition) is 5. The zero-order valence-electron chi connectivity index (χ0n) is 42.7. The minimum absolute atomic E-state index is 0.0159. The number of likely N-dealkylation sites (tertiary alicyclic amines) is 1. The second-order valence-corrected chi connectivity index (χ2v) is 22.0. The number of thiazole rings is 1. The normalized spacial score (nSPS) is 15.6. The highest BCUT2D eigenvalue weighted by Crippen LogP contribution is 2.42. The largest absolute Gasteiger partial charge is 0.508 e. The van der Waals surface area contributed by atoms with Crippen LogP contribution >= 0.6 is 22.7 Å². The fourth-order valence-electron chi connectivity index (χ4n) is 9.35. The van der Waals surface area contributed by atoms with Crippen LogP contribution in [0, 0.1) is 12.3 Å². The van der Waals surface area contributed by atoms with E-state index in [1.54, 1.807) is 76.8 Å². The Balaban J connectivity index is 0.776. The number of aryl methyl sites for hydroxylation is 2. The molecule has 388 valence electrons. The summed E-state index contributed by atoms with van der Waals surface area (Å²) in [7, 11) is 0. The summed E-state index contributed by atoms with van der Waals surface area (Å²) in [5.41, 5.74) is 6.89. The standard InChI is InChI=1S/C57H65N7O8S2/c1-7-62(26-27-72-45-22-17-39(18-23-45)51(69)50-46-24-21-43(66)29-48(46)74-53(50)41-15-19-42(65)20-16-41)25-9-8-10-37-30-59-63(31-37)33-49(68)61-54(57(4,5)6)56(71)64-32-44(67)28-47(64)55(70)60-35(2)38-11-13-40(14-12-38)52-36(3)58-34-73-52/h11-24,29-31,34-35,44,47,54,65-67H,7-10,25-28,32-33H2,1-6H3,(H,60,70)(H,61,68)/t35-,44+,47-,54+/m0/s1. The number of aliphatic hydroxyl groups excluding tert-OH is 1. The van der Waals surface area contributed by atoms with E-state index in [-0.39, 0.29) is 54.6 Å². The van der Waals surface area contributed by atoms with Gasteiger partial charge >= 0.3 is 0 Å². The lowest BCUT2D eigenvalue weighted by atomic mass is 9.85. The van der Waals surface area contributed by atoms with Gasteiger partial charge in [0.05, 0.1) is 34.4 Å². The van der Waals surface area contributed by atoms with E-state index < -0.39 is 29.5 Å². The topological polar surface area (TPSA) is 199 Å². The maximum Gasteiger partial charge on any atom is 0.246 e. The summed E-state index contributed by atoms with van der Waals surface area (Å²) in [6, 6.07) is 24.6. The van der Waals surface area contributed by atoms with Crippen molar-refractivity contribution in [2.75, 3.05) is 32.8 Å². The molecule has 8 rings (SSSR count). The second-order valence-electron chi connectivity index (χ2n) is 20.1. The van der Waals surface area contributed by atoms with Gasteiger partial charge in [-0.2, -0.15) is 5.10 Å². The summed E-state index contributed by atoms with van der Waals surface area (Å²) >= 11 is 3.00. The molecule has 0 radical (unpaired) electrons. The Labute approximate surface area is 439 Å². The zero-order valence-corrected chi connectivity index (χ0v) is 44.3. The average Bonchev–Trinajstić information content (AvgIpc) is 4.20. The van der Waals surface area contributed by atoms with Crippen molar-refractivity contribution < 1.29 is 39.2 Å². The summed E-state index contributed by atoms with van der Waals surface area (Å²) in [5, 5.41) is 41.9. The molecule has 5 N–H and O–H groups in total. The van der Waals surface area contributed by atoms with E-state index in [1.807, 2.05) is 82.7 Å². The number of ether oxygens (including phenoxy) is 1. The van der Waals surface area contributed by atoms with Gasteiger partial charge in [-0.1, -0.05) is 52.0 Å². The Hall–Kier alpha value is -6.92. The summed E-state index contributed by atoms with van der Waals surface area (Å²) in [4.78, 5) is 65.4. The fraction of sp³-hybridized carbons (Fsp3) is 0.368. The summed E-state index contributed by atoms with van der Waals surface area (Å²) in [6.07, 6.45) is 5.46. The van der Waals surface area contributed by atoms with Crippen molar-refractivity contribution in [2.24, 2.45) is 5.41 Å². The molecule has 74 heavy (non-hydrogen) atoms. The number of benzene rings is 4. The minimum atomic E-state index is -0.960. The summed E-state index contributed by atoms with van der Waals surface area (Å²) in [6.45, 7) is 14.4. The number of β-amino-alcohol motifs (C(OH)–C–C–N with tert-alkyl or cyclic N) is 1. The van der Waals surface area contributed by atoms with Crippen LogP contribution in [0.25, 0.3) is 31.0 Å². The van der Waals surface area contributed by atoms with Gasteiger partial charge in [-0.15, -0.1) is 22.7 Å². The maximum absolute atomic E-state index is 14.2. The van der Waals surface area contributed by atoms with E-state index >= 15 is 0 Å². The molecule has 0 spiro atoms. The van der Waals surface area contributed by atoms with Gasteiger partial charge in [0.2, 0.25) is 17.7 Å². The SMILES string of the molecule is CCN(CCCCc1cnn(CC(=O)N[C@H](C(=O)N2C[C@H](O)C[C@H]2C(=O)N[C@@H](C)c2ccc(-c3scnc3C)cc2)C(C)(C)C)c1)CCOc1ccc(C(=O)c2c(-c3ccc(O)cc3)sc3cc(O)ccc23)cc1. The van der Waals surface area contributed by atoms with Gasteiger partial charge in [0.15, 0.2) is 5.78 Å². The van der Waals surface area contributed by atoms with Crippen LogP contribution in [0.3, 0.4) is 0 Å². The molecule has 15 nitrogen and oxygen atoms in total. The van der Waals surface area contributed by atoms with Crippen LogP contribution in [0.5, 0.6) is 17.2 Å². The number of carbonyl (C=O) groups excluding carboxylic acids is 4. The first kappa shape index (κ1) is 53.4. The van der Waals surface area contributed by atoms with Crippen LogP contribution in [0.4, 0.5) is 0 Å². The summed E-state index contributed by atoms with van der Waals surface area (Å²) in [5.74, 6) is -0.400. The number of phenols is 2. The van der Waals surface area contributed by atoms with Crippen LogP contribution in [0.15, 0.2) is 109 Å². The van der Waals surface area contributed by atoms with Crippen molar-refractivity contribution in [3.63, 3.8) is 0 Å². The molecule has 3 amide bonds. The third-order valence-electron chi connectivity index (χ3n) is 13.5. The number of aromatic hydroxyl groups is 2. The van der Waals surface area contributed by atoms with Crippen molar-refractivity contribution in [1.82, 2.24) is 35.2 Å². The third kappa shape index (κ3) is 12.9. The van der Waals surface area contributed by atoms with Gasteiger partial charge in [0, 0.05) is 51.8 Å². The zero-order chi connectivity index (χ0) is 52.7. The highest BCUT2D eigenvalue weighted by Gasteiger charge is 2.45. The molecular weight excluding hydrogens is 975 g/mol. The monoisotopic (exact) mass is 1040 g/mol. The lowest BCUT2D eigenvalue weighted by Crippen LogP contribution is -2.58. The van der Waals surface area contributed by atoms with E-state index in [1.165, 1.54) is 16.2 Å². The number of nitrogens with one attached hydrogen (secondary N) is 2. The first-order chi connectivity index (χ1) is 35.4. The maximum atomic E-state index is 14.2. The number of fused-ring (bicyclic) bond motifs is 1. The molecule has 1 aliphatic rings. The van der Waals surface area contributed by atoms with Gasteiger partial charge in [0.25, 0.3) is 0 Å². The first-order valence-electron chi connectivity index (χ1n) is 25.1. The fourth-order valence-corrected chi connectivity index (χ4v) is 11.4. The molecule has 0 bridgehead atoms. The molecule has 7 aromatic rings. The average molecular weight is 1040 g/mol. The van der Waals surface area contributed by atoms with E-state index in [9.17, 15) is 34.5 Å². The van der Waals surface area contributed by atoms with Crippen molar-refractivity contribution >= 4 is 56.3 Å². The third-order valence-corrected chi connectivity index (χ3v) is 15.7. The number of rotatable bonds is 21. The van der Waals surface area contributed by atoms with Gasteiger partial charge in [0.1, 0.15) is 42.5 Å². The molecule has 0 saturated carbocycles. The molecule has 4 atom stereocenters. The number of aromatic nitrogens is 3. The number of amides is 3. The Morgan fingerprint density at radius 1 is 0.892 bits per heavy atom. The number of thiophene rings is 1. The molecular formula is C57H65N7O8S2. The summed E-state index contributed by atoms with van der Waals surface area (Å²) < 4.78 is 8.47. The number of hydrogen-bond acceptors (Lipinski definition) is 13. The van der Waals surface area contributed by atoms with E-state index in [0.717, 1.165) is 86.7 Å². The molecule has 3 aromatic heterocycles. The van der Waals surface area contributed by atoms with Crippen molar-refractivity contribution in [3.05, 3.63) is 137 Å². The molecule has 4 aromatic carbocycles. The van der Waals surface area contributed by atoms with Crippen LogP contribution in [0.2, 0.25) is 0 Å². The number of phenolic OH excluding ortho intramolecular Hbond substituents is 2. The Morgan fingerprint density at radius 3 is 2.28 bits per heavy atom. The van der Waals surface area contributed by atoms with Crippen molar-refractivity contribution in [2.45, 2.75) is 98.0 Å². The highest BCUT2D eigenvalue weighted by molar-refractivity contribution is 7.22. The number of ketones is 1. The number of nitrogens with zero attached hydrogens (tertiary/aromatic N) is 5. The lowest BCUT2D eigenvalue weighted by Gasteiger charge is -2.35. The van der Waals surface area contributed by atoms with Crippen LogP contribution in [-0.2, 0) is 27.3 Å². The van der Waals surface area contributed by atoms with Crippen LogP contribution < -0.4 is 15.4 Å². The number of carbonyl (C=O) groups is 4. The van der Waals surface area contributed by atoms with Crippen LogP contribution in [-0.4, -0.2) is 114 Å². The van der Waals surface area contributed by atoms with E-state index in [4.69, 9.17) is 4.74 Å². The molecule has 0 unspecified atom stereocenters. The van der Waals surface area contributed by atoms with Crippen molar-refractivity contribution in [1.29, 1.82) is 0 Å². The second kappa shape index (κ2) is 23.5. The van der Waals surface area contributed by atoms with Gasteiger partial charge < -0.3 is 40.5 Å². The van der Waals surface area contributed by atoms with Gasteiger partial charge in [-0.05, 0) is 141 Å². The Bertz CT molecular complexity index is 3070. The first-order valence-corrected chi connectivity index (χ1v) is 26.8. The molecule has 17 heteroatoms. The molecule has 4 heterocycles. The van der Waals surface area contributed by atoms with Crippen molar-refractivity contribution in [3.8, 4) is 38.1 Å². The smallest absolute Gasteiger partial charge is 0.246 e. The highest BCUT2D eigenvalue weighted by atomic mass is 32.1. The number of likely N-dealkylation sites (N-methyl/N-ethyl adjacent to an activating group) is 1. The quantitative estimate of drug-likeness (QED) is 0.0340. The van der Waals surface area contributed by atoms with E-state index in [2.05, 4.69) is 32.5 Å². The van der Waals surface area contributed by atoms with Gasteiger partial charge in [-0.25, -0.2) is 4.98 Å². The number of unbranched alkanes of at least 4 members (excludes halogenated alkanes) is 1. The van der Waals surface area contributed by atoms with Gasteiger partial charge in [-0.3, -0.25) is 23.9 Å². The molecule has 0 aliphatic carbocycles. The Kier molecular flexibility index (Phi) is 17.0. The Morgan fingerprint density at radius 2 is 1.59 bits per heavy atom. The lowest BCUT2D eigenvalue weighted by molar-refractivity contribution is -0.144. The van der Waals surface area contributed by atoms with E-state index in [0.29, 0.717) is 23.5 Å².